The van der Waals surface area contributed by atoms with Crippen molar-refractivity contribution in [3.63, 3.8) is 0 Å². The third-order valence-corrected chi connectivity index (χ3v) is 13.0. The van der Waals surface area contributed by atoms with Gasteiger partial charge in [-0.3, -0.25) is 9.69 Å². The molecule has 2 aliphatic rings. The molecule has 2 amide bonds. The molecule has 6 nitrogen and oxygen atoms in total. The molecular weight excluding hydrogens is 408 g/mol. The van der Waals surface area contributed by atoms with E-state index in [-0.39, 0.29) is 24.7 Å². The van der Waals surface area contributed by atoms with Crippen molar-refractivity contribution in [3.05, 3.63) is 12.2 Å². The van der Waals surface area contributed by atoms with Gasteiger partial charge in [-0.2, -0.15) is 0 Å². The van der Waals surface area contributed by atoms with Gasteiger partial charge in [0.15, 0.2) is 0 Å². The summed E-state index contributed by atoms with van der Waals surface area (Å²) in [7, 11) is -2.04. The second kappa shape index (κ2) is 11.3. The van der Waals surface area contributed by atoms with Crippen molar-refractivity contribution in [1.29, 1.82) is 0 Å². The lowest BCUT2D eigenvalue weighted by Gasteiger charge is -2.49. The van der Waals surface area contributed by atoms with Gasteiger partial charge in [-0.25, -0.2) is 9.69 Å². The van der Waals surface area contributed by atoms with E-state index in [1.165, 1.54) is 6.08 Å². The number of terminal acetylenes is 1. The third-order valence-electron chi connectivity index (χ3n) is 6.85. The predicted octanol–water partition coefficient (Wildman–Crippen LogP) is 4.57. The zero-order chi connectivity index (χ0) is 23.2. The monoisotopic (exact) mass is 448 g/mol. The lowest BCUT2D eigenvalue weighted by Crippen LogP contribution is -2.57. The maximum atomic E-state index is 12.4. The molecule has 2 saturated heterocycles. The van der Waals surface area contributed by atoms with Crippen LogP contribution in [0.5, 0.6) is 0 Å². The fourth-order valence-corrected chi connectivity index (χ4v) is 11.1. The molecule has 7 heteroatoms. The first-order valence-corrected chi connectivity index (χ1v) is 13.8. The smallest absolute Gasteiger partial charge is 0.416 e. The molecule has 2 rings (SSSR count). The molecule has 2 aliphatic heterocycles. The summed E-state index contributed by atoms with van der Waals surface area (Å²) >= 11 is 0. The predicted molar refractivity (Wildman–Crippen MR) is 126 cm³/mol. The molecule has 0 radical (unpaired) electrons. The molecule has 2 heterocycles. The van der Waals surface area contributed by atoms with Crippen LogP contribution in [0.4, 0.5) is 4.79 Å². The van der Waals surface area contributed by atoms with E-state index in [1.807, 2.05) is 6.08 Å². The van der Waals surface area contributed by atoms with Gasteiger partial charge in [-0.15, -0.1) is 6.42 Å². The van der Waals surface area contributed by atoms with Gasteiger partial charge in [-0.05, 0) is 48.5 Å². The molecule has 0 saturated carbocycles. The van der Waals surface area contributed by atoms with Crippen LogP contribution in [0.2, 0.25) is 16.6 Å². The molecule has 0 aromatic rings. The second-order valence-electron chi connectivity index (χ2n) is 9.60. The fourth-order valence-electron chi connectivity index (χ4n) is 5.50. The lowest BCUT2D eigenvalue weighted by atomic mass is 9.96. The number of hydrogen-bond acceptors (Lipinski definition) is 5. The highest BCUT2D eigenvalue weighted by Crippen LogP contribution is 2.44. The molecule has 2 atom stereocenters. The van der Waals surface area contributed by atoms with E-state index in [0.717, 1.165) is 24.3 Å². The summed E-state index contributed by atoms with van der Waals surface area (Å²) in [6.45, 7) is 15.9. The standard InChI is InChI=1S/C24H40N2O4Si/c1-8-14-25-15-10-12-22(30-31(18(2)3,19(4)5)20(6)7)21(25)11-9-13-23(27)26-16-17-29-24(26)28/h1,9,13,18-22H,10-12,14-17H2,2-7H3/b13-9+/t21-,22+/m0/s1. The molecule has 0 aliphatic carbocycles. The van der Waals surface area contributed by atoms with Gasteiger partial charge < -0.3 is 9.16 Å². The first-order chi connectivity index (χ1) is 14.6. The highest BCUT2D eigenvalue weighted by Gasteiger charge is 2.48. The summed E-state index contributed by atoms with van der Waals surface area (Å²) in [4.78, 5) is 27.4. The van der Waals surface area contributed by atoms with Crippen LogP contribution in [0.15, 0.2) is 12.2 Å². The summed E-state index contributed by atoms with van der Waals surface area (Å²) in [6, 6.07) is 0.127. The Bertz CT molecular complexity index is 676. The minimum atomic E-state index is -2.04. The first kappa shape index (κ1) is 25.6. The minimum Gasteiger partial charge on any atom is -0.447 e. The Morgan fingerprint density at radius 2 is 1.87 bits per heavy atom. The highest BCUT2D eigenvalue weighted by molar-refractivity contribution is 6.77. The highest BCUT2D eigenvalue weighted by atomic mass is 28.4. The number of cyclic esters (lactones) is 1. The molecule has 2 fully saturated rings. The number of ether oxygens (including phenoxy) is 1. The Kier molecular flexibility index (Phi) is 9.35. The summed E-state index contributed by atoms with van der Waals surface area (Å²) in [5, 5.41) is 0. The molecule has 31 heavy (non-hydrogen) atoms. The summed E-state index contributed by atoms with van der Waals surface area (Å²) < 4.78 is 12.0. The number of rotatable bonds is 9. The third kappa shape index (κ3) is 5.79. The van der Waals surface area contributed by atoms with Gasteiger partial charge in [0.2, 0.25) is 8.32 Å². The Balaban J connectivity index is 2.21. The number of carbonyl (C=O) groups excluding carboxylic acids is 2. The van der Waals surface area contributed by atoms with Crippen LogP contribution in [-0.4, -0.2) is 68.5 Å². The van der Waals surface area contributed by atoms with Crippen molar-refractivity contribution in [2.45, 2.75) is 89.6 Å². The van der Waals surface area contributed by atoms with E-state index in [2.05, 4.69) is 52.4 Å². The average Bonchev–Trinajstić information content (AvgIpc) is 3.13. The van der Waals surface area contributed by atoms with E-state index in [9.17, 15) is 9.59 Å². The van der Waals surface area contributed by atoms with Crippen molar-refractivity contribution in [3.8, 4) is 12.3 Å². The number of amides is 2. The van der Waals surface area contributed by atoms with Crippen LogP contribution in [0, 0.1) is 12.3 Å². The summed E-state index contributed by atoms with van der Waals surface area (Å²) in [6.07, 6.45) is 11.3. The molecule has 0 unspecified atom stereocenters. The minimum absolute atomic E-state index is 0.0949. The Hall–Kier alpha value is -1.62. The SMILES string of the molecule is C#CCN1CCC[C@@H](O[Si](C(C)C)(C(C)C)C(C)C)[C@@H]1C/C=C/C(=O)N1CCOC1=O. The van der Waals surface area contributed by atoms with Gasteiger partial charge >= 0.3 is 6.09 Å². The number of imide groups is 1. The van der Waals surface area contributed by atoms with Crippen LogP contribution < -0.4 is 0 Å². The zero-order valence-corrected chi connectivity index (χ0v) is 21.1. The van der Waals surface area contributed by atoms with Gasteiger partial charge in [0.05, 0.1) is 19.2 Å². The van der Waals surface area contributed by atoms with E-state index >= 15 is 0 Å². The molecule has 0 bridgehead atoms. The van der Waals surface area contributed by atoms with E-state index in [1.54, 1.807) is 0 Å². The Labute approximate surface area is 189 Å². The second-order valence-corrected chi connectivity index (χ2v) is 15.0. The Morgan fingerprint density at radius 3 is 2.39 bits per heavy atom. The molecule has 0 aromatic carbocycles. The van der Waals surface area contributed by atoms with Gasteiger partial charge in [0, 0.05) is 6.04 Å². The molecular formula is C24H40N2O4Si. The molecule has 0 N–H and O–H groups in total. The van der Waals surface area contributed by atoms with Crippen LogP contribution in [0.25, 0.3) is 0 Å². The normalized spacial score (nSPS) is 23.2. The van der Waals surface area contributed by atoms with Crippen molar-refractivity contribution in [2.75, 3.05) is 26.2 Å². The van der Waals surface area contributed by atoms with Gasteiger partial charge in [-0.1, -0.05) is 53.5 Å². The van der Waals surface area contributed by atoms with E-state index in [4.69, 9.17) is 15.6 Å². The number of carbonyl (C=O) groups is 2. The number of hydrogen-bond donors (Lipinski definition) is 0. The van der Waals surface area contributed by atoms with E-state index < -0.39 is 14.4 Å². The largest absolute Gasteiger partial charge is 0.447 e. The molecule has 0 aromatic heterocycles. The maximum absolute atomic E-state index is 12.4. The van der Waals surface area contributed by atoms with Gasteiger partial charge in [0.1, 0.15) is 6.61 Å². The van der Waals surface area contributed by atoms with Gasteiger partial charge in [0.25, 0.3) is 5.91 Å². The van der Waals surface area contributed by atoms with E-state index in [0.29, 0.717) is 36.1 Å². The van der Waals surface area contributed by atoms with Crippen LogP contribution >= 0.6 is 0 Å². The lowest BCUT2D eigenvalue weighted by molar-refractivity contribution is -0.122. The van der Waals surface area contributed by atoms with Crippen LogP contribution in [-0.2, 0) is 14.0 Å². The number of piperidine rings is 1. The average molecular weight is 449 g/mol. The Morgan fingerprint density at radius 1 is 1.23 bits per heavy atom. The fraction of sp³-hybridized carbons (Fsp3) is 0.750. The number of likely N-dealkylation sites (tertiary alicyclic amines) is 1. The van der Waals surface area contributed by atoms with Crippen molar-refractivity contribution in [1.82, 2.24) is 9.80 Å². The maximum Gasteiger partial charge on any atom is 0.416 e. The number of nitrogens with zero attached hydrogens (tertiary/aromatic N) is 2. The van der Waals surface area contributed by atoms with Crippen molar-refractivity contribution >= 4 is 20.3 Å². The summed E-state index contributed by atoms with van der Waals surface area (Å²) in [5.74, 6) is 2.47. The molecule has 174 valence electrons. The first-order valence-electron chi connectivity index (χ1n) is 11.6. The van der Waals surface area contributed by atoms with Crippen LogP contribution in [0.3, 0.4) is 0 Å². The van der Waals surface area contributed by atoms with Crippen molar-refractivity contribution < 1.29 is 18.8 Å². The van der Waals surface area contributed by atoms with Crippen molar-refractivity contribution in [2.24, 2.45) is 0 Å². The quantitative estimate of drug-likeness (QED) is 0.294. The zero-order valence-electron chi connectivity index (χ0n) is 20.1. The van der Waals surface area contributed by atoms with Crippen LogP contribution in [0.1, 0.15) is 60.8 Å². The summed E-state index contributed by atoms with van der Waals surface area (Å²) in [5.41, 5.74) is 1.53. The molecule has 0 spiro atoms. The topological polar surface area (TPSA) is 59.1 Å².